The minimum Gasteiger partial charge on any atom is -0.497 e. The van der Waals surface area contributed by atoms with Gasteiger partial charge in [-0.05, 0) is 32.0 Å². The minimum absolute atomic E-state index is 0.101. The van der Waals surface area contributed by atoms with Gasteiger partial charge in [0.05, 0.1) is 7.11 Å². The lowest BCUT2D eigenvalue weighted by Gasteiger charge is -2.18. The number of nitrogen functional groups attached to an aromatic ring is 1. The molecule has 1 aromatic heterocycles. The van der Waals surface area contributed by atoms with Crippen molar-refractivity contribution in [1.82, 2.24) is 15.3 Å². The Balaban J connectivity index is 2.14. The Labute approximate surface area is 139 Å². The van der Waals surface area contributed by atoms with Crippen LogP contribution in [0.15, 0.2) is 24.4 Å². The summed E-state index contributed by atoms with van der Waals surface area (Å²) in [5.74, 6) is 0.882. The number of hydrogen-bond donors (Lipinski definition) is 2. The Morgan fingerprint density at radius 1 is 1.33 bits per heavy atom. The number of aromatic nitrogens is 2. The molecule has 3 N–H and O–H groups in total. The maximum absolute atomic E-state index is 12.5. The van der Waals surface area contributed by atoms with E-state index in [2.05, 4.69) is 20.0 Å². The molecule has 0 bridgehead atoms. The number of nitrogens with one attached hydrogen (secondary N) is 1. The molecule has 24 heavy (non-hydrogen) atoms. The molecule has 2 rings (SSSR count). The van der Waals surface area contributed by atoms with Gasteiger partial charge < -0.3 is 20.5 Å². The number of aryl methyl sites for hydroxylation is 1. The van der Waals surface area contributed by atoms with Crippen molar-refractivity contribution in [2.24, 2.45) is 0 Å². The lowest BCUT2D eigenvalue weighted by Crippen LogP contribution is -2.20. The molecule has 0 radical (unpaired) electrons. The third kappa shape index (κ3) is 4.51. The van der Waals surface area contributed by atoms with E-state index in [1.54, 1.807) is 18.3 Å². The number of anilines is 1. The van der Waals surface area contributed by atoms with Gasteiger partial charge in [0, 0.05) is 35.6 Å². The highest BCUT2D eigenvalue weighted by Crippen LogP contribution is 2.26. The molecule has 0 spiro atoms. The summed E-state index contributed by atoms with van der Waals surface area (Å²) in [7, 11) is 1.51. The highest BCUT2D eigenvalue weighted by Gasteiger charge is 2.14. The summed E-state index contributed by atoms with van der Waals surface area (Å²) in [5, 5.41) is 3.24. The fourth-order valence-electron chi connectivity index (χ4n) is 2.32. The summed E-state index contributed by atoms with van der Waals surface area (Å²) in [6.07, 6.45) is 1.65. The summed E-state index contributed by atoms with van der Waals surface area (Å²) in [6, 6.07) is 4.59. The smallest absolute Gasteiger partial charge is 0.387 e. The number of benzene rings is 1. The molecule has 0 aliphatic heterocycles. The summed E-state index contributed by atoms with van der Waals surface area (Å²) in [6.45, 7) is 1.19. The molecule has 1 unspecified atom stereocenters. The van der Waals surface area contributed by atoms with Crippen LogP contribution in [-0.2, 0) is 6.54 Å². The van der Waals surface area contributed by atoms with E-state index in [-0.39, 0.29) is 17.7 Å². The fourth-order valence-corrected chi connectivity index (χ4v) is 2.32. The Morgan fingerprint density at radius 2 is 2.08 bits per heavy atom. The first-order chi connectivity index (χ1) is 11.4. The first-order valence-corrected chi connectivity index (χ1v) is 7.34. The number of nitrogens with two attached hydrogens (primary N) is 1. The van der Waals surface area contributed by atoms with Crippen LogP contribution < -0.4 is 20.5 Å². The van der Waals surface area contributed by atoms with Crippen LogP contribution in [0.2, 0.25) is 0 Å². The van der Waals surface area contributed by atoms with Crippen LogP contribution in [0, 0.1) is 6.92 Å². The van der Waals surface area contributed by atoms with Gasteiger partial charge in [-0.1, -0.05) is 0 Å². The SMILES string of the molecule is COc1ccc(OC(F)F)c(CNC(C)c2cnc(N)nc2C)c1. The van der Waals surface area contributed by atoms with Crippen LogP contribution in [0.5, 0.6) is 11.5 Å². The lowest BCUT2D eigenvalue weighted by molar-refractivity contribution is -0.0505. The van der Waals surface area contributed by atoms with E-state index in [9.17, 15) is 8.78 Å². The summed E-state index contributed by atoms with van der Waals surface area (Å²) in [4.78, 5) is 8.10. The Hall–Kier alpha value is -2.48. The minimum atomic E-state index is -2.89. The van der Waals surface area contributed by atoms with Crippen LogP contribution in [0.3, 0.4) is 0 Å². The van der Waals surface area contributed by atoms with Crippen molar-refractivity contribution in [3.05, 3.63) is 41.2 Å². The number of nitrogens with zero attached hydrogens (tertiary/aromatic N) is 2. The highest BCUT2D eigenvalue weighted by atomic mass is 19.3. The summed E-state index contributed by atoms with van der Waals surface area (Å²) >= 11 is 0. The number of hydrogen-bond acceptors (Lipinski definition) is 6. The van der Waals surface area contributed by atoms with Gasteiger partial charge in [0.25, 0.3) is 0 Å². The number of methoxy groups -OCH3 is 1. The molecule has 1 atom stereocenters. The van der Waals surface area contributed by atoms with Gasteiger partial charge in [-0.15, -0.1) is 0 Å². The molecule has 130 valence electrons. The molecular weight excluding hydrogens is 318 g/mol. The molecule has 0 amide bonds. The van der Waals surface area contributed by atoms with E-state index in [0.717, 1.165) is 11.3 Å². The zero-order chi connectivity index (χ0) is 17.7. The van der Waals surface area contributed by atoms with Crippen molar-refractivity contribution in [3.8, 4) is 11.5 Å². The number of ether oxygens (including phenoxy) is 2. The van der Waals surface area contributed by atoms with Crippen LogP contribution in [0.1, 0.15) is 29.8 Å². The monoisotopic (exact) mass is 338 g/mol. The molecule has 6 nitrogen and oxygen atoms in total. The maximum atomic E-state index is 12.5. The number of alkyl halides is 2. The average Bonchev–Trinajstić information content (AvgIpc) is 2.53. The third-order valence-electron chi connectivity index (χ3n) is 3.58. The third-order valence-corrected chi connectivity index (χ3v) is 3.58. The van der Waals surface area contributed by atoms with Crippen LogP contribution in [0.4, 0.5) is 14.7 Å². The molecule has 0 aliphatic carbocycles. The summed E-state index contributed by atoms with van der Waals surface area (Å²) in [5.41, 5.74) is 7.75. The topological polar surface area (TPSA) is 82.3 Å². The van der Waals surface area contributed by atoms with Crippen molar-refractivity contribution in [1.29, 1.82) is 0 Å². The van der Waals surface area contributed by atoms with E-state index < -0.39 is 6.61 Å². The largest absolute Gasteiger partial charge is 0.497 e. The second-order valence-electron chi connectivity index (χ2n) is 5.22. The second-order valence-corrected chi connectivity index (χ2v) is 5.22. The predicted molar refractivity (Wildman–Crippen MR) is 86.1 cm³/mol. The van der Waals surface area contributed by atoms with E-state index in [4.69, 9.17) is 10.5 Å². The molecule has 0 saturated heterocycles. The predicted octanol–water partition coefficient (Wildman–Crippen LogP) is 2.83. The molecule has 2 aromatic rings. The first kappa shape index (κ1) is 17.9. The molecular formula is C16H20F2N4O2. The second kappa shape index (κ2) is 7.87. The van der Waals surface area contributed by atoms with Crippen molar-refractivity contribution >= 4 is 5.95 Å². The number of rotatable bonds is 7. The molecule has 8 heteroatoms. The van der Waals surface area contributed by atoms with E-state index >= 15 is 0 Å². The summed E-state index contributed by atoms with van der Waals surface area (Å²) < 4.78 is 34.8. The normalized spacial score (nSPS) is 12.2. The molecule has 0 saturated carbocycles. The van der Waals surface area contributed by atoms with Gasteiger partial charge >= 0.3 is 6.61 Å². The fraction of sp³-hybridized carbons (Fsp3) is 0.375. The van der Waals surface area contributed by atoms with Crippen LogP contribution in [0.25, 0.3) is 0 Å². The lowest BCUT2D eigenvalue weighted by atomic mass is 10.1. The Morgan fingerprint density at radius 3 is 2.71 bits per heavy atom. The first-order valence-electron chi connectivity index (χ1n) is 7.34. The zero-order valence-corrected chi connectivity index (χ0v) is 13.7. The average molecular weight is 338 g/mol. The van der Waals surface area contributed by atoms with E-state index in [1.807, 2.05) is 13.8 Å². The van der Waals surface area contributed by atoms with Gasteiger partial charge in [-0.25, -0.2) is 9.97 Å². The van der Waals surface area contributed by atoms with Gasteiger partial charge in [0.2, 0.25) is 5.95 Å². The number of halogens is 2. The molecule has 0 fully saturated rings. The quantitative estimate of drug-likeness (QED) is 0.808. The standard InChI is InChI=1S/C16H20F2N4O2/c1-9(13-8-21-16(19)22-10(13)2)20-7-11-6-12(23-3)4-5-14(11)24-15(17)18/h4-6,8-9,15,20H,7H2,1-3H3,(H2,19,21,22). The molecule has 1 heterocycles. The van der Waals surface area contributed by atoms with Crippen molar-refractivity contribution < 1.29 is 18.3 Å². The van der Waals surface area contributed by atoms with Crippen molar-refractivity contribution in [2.45, 2.75) is 33.0 Å². The highest BCUT2D eigenvalue weighted by molar-refractivity contribution is 5.40. The van der Waals surface area contributed by atoms with Crippen molar-refractivity contribution in [3.63, 3.8) is 0 Å². The van der Waals surface area contributed by atoms with Gasteiger partial charge in [0.1, 0.15) is 11.5 Å². The van der Waals surface area contributed by atoms with Crippen LogP contribution in [-0.4, -0.2) is 23.7 Å². The Kier molecular flexibility index (Phi) is 5.86. The van der Waals surface area contributed by atoms with Crippen LogP contribution >= 0.6 is 0 Å². The molecule has 0 aliphatic rings. The van der Waals surface area contributed by atoms with Crippen molar-refractivity contribution in [2.75, 3.05) is 12.8 Å². The van der Waals surface area contributed by atoms with Gasteiger partial charge in [-0.3, -0.25) is 0 Å². The Bertz CT molecular complexity index is 698. The van der Waals surface area contributed by atoms with Gasteiger partial charge in [0.15, 0.2) is 0 Å². The van der Waals surface area contributed by atoms with Gasteiger partial charge in [-0.2, -0.15) is 8.78 Å². The zero-order valence-electron chi connectivity index (χ0n) is 13.7. The maximum Gasteiger partial charge on any atom is 0.387 e. The van der Waals surface area contributed by atoms with E-state index in [1.165, 1.54) is 13.2 Å². The van der Waals surface area contributed by atoms with E-state index in [0.29, 0.717) is 17.9 Å². The molecule has 1 aromatic carbocycles.